The van der Waals surface area contributed by atoms with Crippen LogP contribution >= 0.6 is 0 Å². The summed E-state index contributed by atoms with van der Waals surface area (Å²) < 4.78 is 0. The molecule has 0 aromatic heterocycles. The molecule has 0 bridgehead atoms. The van der Waals surface area contributed by atoms with E-state index in [2.05, 4.69) is 0 Å². The molecular formula is C16H9N2O4-. The van der Waals surface area contributed by atoms with Gasteiger partial charge in [0.05, 0.1) is 22.5 Å². The van der Waals surface area contributed by atoms with Gasteiger partial charge in [0.2, 0.25) is 0 Å². The van der Waals surface area contributed by atoms with E-state index in [-0.39, 0.29) is 11.3 Å². The van der Waals surface area contributed by atoms with Gasteiger partial charge in [-0.05, 0) is 34.9 Å². The Labute approximate surface area is 125 Å². The van der Waals surface area contributed by atoms with Gasteiger partial charge in [-0.3, -0.25) is 10.1 Å². The first-order chi connectivity index (χ1) is 10.5. The maximum Gasteiger partial charge on any atom is 0.269 e. The second-order valence-electron chi connectivity index (χ2n) is 4.38. The molecule has 0 N–H and O–H groups in total. The molecule has 6 nitrogen and oxygen atoms in total. The van der Waals surface area contributed by atoms with Gasteiger partial charge in [-0.2, -0.15) is 5.26 Å². The molecule has 0 fully saturated rings. The van der Waals surface area contributed by atoms with Crippen LogP contribution in [0.3, 0.4) is 0 Å². The number of benzene rings is 2. The molecule has 2 aromatic rings. The van der Waals surface area contributed by atoms with Gasteiger partial charge in [0.15, 0.2) is 0 Å². The molecule has 0 aliphatic heterocycles. The largest absolute Gasteiger partial charge is 0.545 e. The Morgan fingerprint density at radius 2 is 1.59 bits per heavy atom. The van der Waals surface area contributed by atoms with Crippen molar-refractivity contribution < 1.29 is 14.8 Å². The number of nitro groups is 1. The van der Waals surface area contributed by atoms with Crippen LogP contribution in [0, 0.1) is 21.4 Å². The number of nitrogens with zero attached hydrogens (tertiary/aromatic N) is 2. The van der Waals surface area contributed by atoms with Crippen LogP contribution in [-0.2, 0) is 0 Å². The van der Waals surface area contributed by atoms with Crippen molar-refractivity contribution in [2.24, 2.45) is 0 Å². The number of rotatable bonds is 4. The van der Waals surface area contributed by atoms with Crippen LogP contribution in [0.2, 0.25) is 0 Å². The highest BCUT2D eigenvalue weighted by Gasteiger charge is 2.07. The lowest BCUT2D eigenvalue weighted by molar-refractivity contribution is -0.384. The summed E-state index contributed by atoms with van der Waals surface area (Å²) in [6.45, 7) is 0. The number of carboxylic acid groups (broad SMARTS) is 1. The molecule has 0 heterocycles. The smallest absolute Gasteiger partial charge is 0.269 e. The number of hydrogen-bond acceptors (Lipinski definition) is 5. The van der Waals surface area contributed by atoms with Crippen molar-refractivity contribution in [3.05, 3.63) is 75.3 Å². The zero-order chi connectivity index (χ0) is 16.1. The Balaban J connectivity index is 2.32. The zero-order valence-corrected chi connectivity index (χ0v) is 11.2. The lowest BCUT2D eigenvalue weighted by Crippen LogP contribution is -2.21. The highest BCUT2D eigenvalue weighted by molar-refractivity contribution is 5.91. The number of carbonyl (C=O) groups excluding carboxylic acids is 1. The zero-order valence-electron chi connectivity index (χ0n) is 11.2. The number of carboxylic acids is 1. The van der Waals surface area contributed by atoms with Crippen LogP contribution in [-0.4, -0.2) is 10.9 Å². The summed E-state index contributed by atoms with van der Waals surface area (Å²) >= 11 is 0. The second kappa shape index (κ2) is 6.33. The van der Waals surface area contributed by atoms with Crippen LogP contribution in [0.1, 0.15) is 21.5 Å². The Kier molecular flexibility index (Phi) is 4.30. The first-order valence-corrected chi connectivity index (χ1v) is 6.19. The van der Waals surface area contributed by atoms with Crippen molar-refractivity contribution in [3.63, 3.8) is 0 Å². The van der Waals surface area contributed by atoms with Crippen LogP contribution < -0.4 is 5.11 Å². The molecule has 0 saturated heterocycles. The SMILES string of the molecule is N#C/C(=C\c1ccc(C(=O)[O-])cc1)c1ccc([N+](=O)[O-])cc1. The summed E-state index contributed by atoms with van der Waals surface area (Å²) in [5.41, 5.74) is 1.48. The second-order valence-corrected chi connectivity index (χ2v) is 4.38. The minimum Gasteiger partial charge on any atom is -0.545 e. The van der Waals surface area contributed by atoms with Gasteiger partial charge in [-0.15, -0.1) is 0 Å². The fraction of sp³-hybridized carbons (Fsp3) is 0. The van der Waals surface area contributed by atoms with Crippen molar-refractivity contribution in [2.45, 2.75) is 0 Å². The Hall–Kier alpha value is -3.46. The number of allylic oxidation sites excluding steroid dienone is 1. The molecule has 0 aliphatic carbocycles. The molecule has 108 valence electrons. The molecule has 0 saturated carbocycles. The standard InChI is InChI=1S/C16H10N2O4/c17-10-14(12-5-7-15(8-6-12)18(21)22)9-11-1-3-13(4-2-11)16(19)20/h1-9H,(H,19,20)/p-1/b14-9+. The van der Waals surface area contributed by atoms with E-state index >= 15 is 0 Å². The first kappa shape index (κ1) is 14.9. The van der Waals surface area contributed by atoms with Gasteiger partial charge in [-0.1, -0.05) is 24.3 Å². The summed E-state index contributed by atoms with van der Waals surface area (Å²) in [6, 6.07) is 13.5. The average Bonchev–Trinajstić information content (AvgIpc) is 2.53. The number of nitro benzene ring substituents is 1. The van der Waals surface area contributed by atoms with Gasteiger partial charge in [-0.25, -0.2) is 0 Å². The monoisotopic (exact) mass is 293 g/mol. The third kappa shape index (κ3) is 3.35. The van der Waals surface area contributed by atoms with Crippen molar-refractivity contribution in [3.8, 4) is 6.07 Å². The van der Waals surface area contributed by atoms with Crippen LogP contribution in [0.25, 0.3) is 11.6 Å². The maximum atomic E-state index is 10.7. The summed E-state index contributed by atoms with van der Waals surface area (Å²) in [6.07, 6.45) is 1.57. The third-order valence-corrected chi connectivity index (χ3v) is 2.97. The third-order valence-electron chi connectivity index (χ3n) is 2.97. The topological polar surface area (TPSA) is 107 Å². The highest BCUT2D eigenvalue weighted by atomic mass is 16.6. The van der Waals surface area contributed by atoms with Crippen LogP contribution in [0.4, 0.5) is 5.69 Å². The maximum absolute atomic E-state index is 10.7. The van der Waals surface area contributed by atoms with Crippen molar-refractivity contribution >= 4 is 23.3 Å². The lowest BCUT2D eigenvalue weighted by atomic mass is 10.0. The Morgan fingerprint density at radius 3 is 2.05 bits per heavy atom. The van der Waals surface area contributed by atoms with Crippen molar-refractivity contribution in [2.75, 3.05) is 0 Å². The fourth-order valence-electron chi connectivity index (χ4n) is 1.82. The van der Waals surface area contributed by atoms with E-state index in [0.717, 1.165) is 0 Å². The number of nitriles is 1. The molecule has 0 aliphatic rings. The van der Waals surface area contributed by atoms with Gasteiger partial charge >= 0.3 is 0 Å². The molecular weight excluding hydrogens is 284 g/mol. The molecule has 2 aromatic carbocycles. The molecule has 0 amide bonds. The number of aromatic carboxylic acids is 1. The number of non-ortho nitro benzene ring substituents is 1. The van der Waals surface area contributed by atoms with Gasteiger partial charge in [0, 0.05) is 12.1 Å². The predicted molar refractivity (Wildman–Crippen MR) is 77.4 cm³/mol. The Bertz CT molecular complexity index is 784. The van der Waals surface area contributed by atoms with E-state index in [4.69, 9.17) is 0 Å². The molecule has 22 heavy (non-hydrogen) atoms. The molecule has 2 rings (SSSR count). The number of carbonyl (C=O) groups is 1. The van der Waals surface area contributed by atoms with E-state index in [0.29, 0.717) is 16.7 Å². The molecule has 0 spiro atoms. The predicted octanol–water partition coefficient (Wildman–Crippen LogP) is 2.02. The Morgan fingerprint density at radius 1 is 1.05 bits per heavy atom. The van der Waals surface area contributed by atoms with E-state index in [1.165, 1.54) is 36.4 Å². The summed E-state index contributed by atoms with van der Waals surface area (Å²) in [5.74, 6) is -1.27. The van der Waals surface area contributed by atoms with E-state index in [1.807, 2.05) is 6.07 Å². The lowest BCUT2D eigenvalue weighted by Gasteiger charge is -2.03. The van der Waals surface area contributed by atoms with Crippen molar-refractivity contribution in [1.29, 1.82) is 5.26 Å². The molecule has 0 unspecified atom stereocenters. The molecule has 0 atom stereocenters. The molecule has 0 radical (unpaired) electrons. The van der Waals surface area contributed by atoms with Crippen molar-refractivity contribution in [1.82, 2.24) is 0 Å². The van der Waals surface area contributed by atoms with E-state index < -0.39 is 10.9 Å². The van der Waals surface area contributed by atoms with Gasteiger partial charge < -0.3 is 9.90 Å². The normalized spacial score (nSPS) is 10.8. The molecule has 6 heteroatoms. The minimum absolute atomic E-state index is 0.0472. The van der Waals surface area contributed by atoms with Crippen LogP contribution in [0.15, 0.2) is 48.5 Å². The highest BCUT2D eigenvalue weighted by Crippen LogP contribution is 2.21. The summed E-state index contributed by atoms with van der Waals surface area (Å²) in [5, 5.41) is 30.5. The van der Waals surface area contributed by atoms with E-state index in [9.17, 15) is 25.3 Å². The average molecular weight is 293 g/mol. The quantitative estimate of drug-likeness (QED) is 0.371. The minimum atomic E-state index is -1.27. The fourth-order valence-corrected chi connectivity index (χ4v) is 1.82. The first-order valence-electron chi connectivity index (χ1n) is 6.19. The summed E-state index contributed by atoms with van der Waals surface area (Å²) in [4.78, 5) is 20.8. The van der Waals surface area contributed by atoms with Gasteiger partial charge in [0.25, 0.3) is 5.69 Å². The van der Waals surface area contributed by atoms with Gasteiger partial charge in [0.1, 0.15) is 0 Å². The summed E-state index contributed by atoms with van der Waals surface area (Å²) in [7, 11) is 0. The van der Waals surface area contributed by atoms with Crippen LogP contribution in [0.5, 0.6) is 0 Å². The van der Waals surface area contributed by atoms with E-state index in [1.54, 1.807) is 18.2 Å². The number of hydrogen-bond donors (Lipinski definition) is 0.